The van der Waals surface area contributed by atoms with Gasteiger partial charge in [0.1, 0.15) is 5.52 Å². The van der Waals surface area contributed by atoms with Crippen LogP contribution in [0.25, 0.3) is 22.2 Å². The van der Waals surface area contributed by atoms with E-state index in [0.717, 1.165) is 47.3 Å². The molecule has 98 valence electrons. The van der Waals surface area contributed by atoms with Crippen LogP contribution in [-0.4, -0.2) is 17.9 Å². The van der Waals surface area contributed by atoms with Crippen molar-refractivity contribution in [2.24, 2.45) is 0 Å². The van der Waals surface area contributed by atoms with Crippen molar-refractivity contribution in [3.63, 3.8) is 0 Å². The quantitative estimate of drug-likeness (QED) is 0.668. The van der Waals surface area contributed by atoms with E-state index in [9.17, 15) is 4.79 Å². The Bertz CT molecular complexity index is 807. The van der Waals surface area contributed by atoms with E-state index < -0.39 is 0 Å². The Kier molecular flexibility index (Phi) is 2.36. The Balaban J connectivity index is 1.90. The van der Waals surface area contributed by atoms with Crippen LogP contribution in [0.2, 0.25) is 0 Å². The number of anilines is 1. The summed E-state index contributed by atoms with van der Waals surface area (Å²) in [5, 5.41) is 0. The van der Waals surface area contributed by atoms with Gasteiger partial charge < -0.3 is 9.32 Å². The van der Waals surface area contributed by atoms with Gasteiger partial charge in [-0.3, -0.25) is 4.79 Å². The van der Waals surface area contributed by atoms with Crippen LogP contribution in [-0.2, 0) is 11.2 Å². The zero-order valence-corrected chi connectivity index (χ0v) is 10.7. The Labute approximate surface area is 115 Å². The van der Waals surface area contributed by atoms with Crippen LogP contribution in [0.4, 0.5) is 5.69 Å². The minimum absolute atomic E-state index is 0.752. The summed E-state index contributed by atoms with van der Waals surface area (Å²) in [7, 11) is 0. The topological polar surface area (TPSA) is 46.3 Å². The Morgan fingerprint density at radius 2 is 2.20 bits per heavy atom. The highest BCUT2D eigenvalue weighted by molar-refractivity contribution is 5.87. The maximum atomic E-state index is 11.1. The fourth-order valence-electron chi connectivity index (χ4n) is 2.86. The summed E-state index contributed by atoms with van der Waals surface area (Å²) >= 11 is 0. The third kappa shape index (κ3) is 1.54. The molecule has 4 heteroatoms. The average Bonchev–Trinajstić information content (AvgIpc) is 3.12. The van der Waals surface area contributed by atoms with Crippen molar-refractivity contribution >= 4 is 23.2 Å². The molecular formula is C16H12N2O2. The summed E-state index contributed by atoms with van der Waals surface area (Å²) in [5.41, 5.74) is 6.15. The van der Waals surface area contributed by atoms with Crippen molar-refractivity contribution in [3.8, 4) is 11.1 Å². The number of hydrogen-bond acceptors (Lipinski definition) is 3. The van der Waals surface area contributed by atoms with Gasteiger partial charge in [-0.25, -0.2) is 4.98 Å². The van der Waals surface area contributed by atoms with Crippen molar-refractivity contribution in [1.29, 1.82) is 0 Å². The highest BCUT2D eigenvalue weighted by atomic mass is 16.3. The minimum Gasteiger partial charge on any atom is -0.443 e. The van der Waals surface area contributed by atoms with E-state index in [-0.39, 0.29) is 0 Å². The highest BCUT2D eigenvalue weighted by Gasteiger charge is 2.21. The lowest BCUT2D eigenvalue weighted by Crippen LogP contribution is -2.17. The molecule has 20 heavy (non-hydrogen) atoms. The molecular weight excluding hydrogens is 252 g/mol. The zero-order valence-electron chi connectivity index (χ0n) is 10.7. The molecule has 2 heterocycles. The second kappa shape index (κ2) is 4.20. The van der Waals surface area contributed by atoms with E-state index in [4.69, 9.17) is 4.42 Å². The van der Waals surface area contributed by atoms with Crippen molar-refractivity contribution in [1.82, 2.24) is 4.98 Å². The molecule has 0 saturated carbocycles. The first-order valence-electron chi connectivity index (χ1n) is 6.54. The molecule has 1 aromatic heterocycles. The second-order valence-corrected chi connectivity index (χ2v) is 4.89. The Hall–Kier alpha value is -2.62. The number of amides is 1. The Morgan fingerprint density at radius 1 is 1.25 bits per heavy atom. The number of hydrogen-bond donors (Lipinski definition) is 0. The van der Waals surface area contributed by atoms with Crippen LogP contribution in [0.1, 0.15) is 5.56 Å². The number of fused-ring (bicyclic) bond motifs is 2. The number of aromatic nitrogens is 1. The summed E-state index contributed by atoms with van der Waals surface area (Å²) in [5.74, 6) is 0. The van der Waals surface area contributed by atoms with Crippen LogP contribution in [0.5, 0.6) is 0 Å². The van der Waals surface area contributed by atoms with E-state index >= 15 is 0 Å². The van der Waals surface area contributed by atoms with E-state index in [2.05, 4.69) is 11.1 Å². The lowest BCUT2D eigenvalue weighted by Gasteiger charge is -2.12. The normalized spacial score (nSPS) is 13.7. The van der Waals surface area contributed by atoms with Crippen molar-refractivity contribution < 1.29 is 9.21 Å². The second-order valence-electron chi connectivity index (χ2n) is 4.89. The van der Waals surface area contributed by atoms with Crippen molar-refractivity contribution in [2.75, 3.05) is 11.4 Å². The van der Waals surface area contributed by atoms with Crippen LogP contribution >= 0.6 is 0 Å². The van der Waals surface area contributed by atoms with Crippen molar-refractivity contribution in [2.45, 2.75) is 6.42 Å². The van der Waals surface area contributed by atoms with Gasteiger partial charge in [0.2, 0.25) is 6.41 Å². The van der Waals surface area contributed by atoms with Gasteiger partial charge in [0.25, 0.3) is 0 Å². The smallest absolute Gasteiger partial charge is 0.214 e. The summed E-state index contributed by atoms with van der Waals surface area (Å²) in [6, 6.07) is 12.1. The van der Waals surface area contributed by atoms with Crippen LogP contribution < -0.4 is 4.90 Å². The van der Waals surface area contributed by atoms with E-state index in [0.29, 0.717) is 0 Å². The van der Waals surface area contributed by atoms with Gasteiger partial charge in [-0.15, -0.1) is 0 Å². The molecule has 0 atom stereocenters. The summed E-state index contributed by atoms with van der Waals surface area (Å²) in [4.78, 5) is 17.0. The molecule has 4 rings (SSSR count). The summed E-state index contributed by atoms with van der Waals surface area (Å²) < 4.78 is 5.27. The first-order valence-corrected chi connectivity index (χ1v) is 6.54. The number of carbonyl (C=O) groups is 1. The first-order chi connectivity index (χ1) is 9.86. The molecule has 0 spiro atoms. The number of benzene rings is 2. The maximum absolute atomic E-state index is 11.1. The third-order valence-corrected chi connectivity index (χ3v) is 3.83. The van der Waals surface area contributed by atoms with Crippen LogP contribution in [0.15, 0.2) is 47.2 Å². The maximum Gasteiger partial charge on any atom is 0.214 e. The molecule has 0 bridgehead atoms. The Morgan fingerprint density at radius 3 is 3.10 bits per heavy atom. The molecule has 0 fully saturated rings. The molecule has 0 radical (unpaired) electrons. The first kappa shape index (κ1) is 11.2. The predicted molar refractivity (Wildman–Crippen MR) is 76.6 cm³/mol. The molecule has 0 N–H and O–H groups in total. The van der Waals surface area contributed by atoms with Gasteiger partial charge in [0, 0.05) is 12.2 Å². The number of rotatable bonds is 2. The van der Waals surface area contributed by atoms with Crippen LogP contribution in [0, 0.1) is 0 Å². The highest BCUT2D eigenvalue weighted by Crippen LogP contribution is 2.36. The number of oxazole rings is 1. The lowest BCUT2D eigenvalue weighted by atomic mass is 9.97. The number of nitrogens with zero attached hydrogens (tertiary/aromatic N) is 2. The third-order valence-electron chi connectivity index (χ3n) is 3.83. The predicted octanol–water partition coefficient (Wildman–Crippen LogP) is 3.01. The van der Waals surface area contributed by atoms with Crippen molar-refractivity contribution in [3.05, 3.63) is 48.4 Å². The molecule has 4 nitrogen and oxygen atoms in total. The molecule has 0 saturated heterocycles. The van der Waals surface area contributed by atoms with Gasteiger partial charge in [-0.05, 0) is 41.3 Å². The lowest BCUT2D eigenvalue weighted by molar-refractivity contribution is -0.107. The van der Waals surface area contributed by atoms with Gasteiger partial charge in [-0.2, -0.15) is 0 Å². The van der Waals surface area contributed by atoms with Gasteiger partial charge >= 0.3 is 0 Å². The zero-order chi connectivity index (χ0) is 13.5. The molecule has 1 aliphatic heterocycles. The van der Waals surface area contributed by atoms with E-state index in [1.165, 1.54) is 12.0 Å². The SMILES string of the molecule is O=CN1CCc2c(-c3ccc4ocnc4c3)cccc21. The van der Waals surface area contributed by atoms with E-state index in [1.807, 2.05) is 30.3 Å². The van der Waals surface area contributed by atoms with Gasteiger partial charge in [-0.1, -0.05) is 18.2 Å². The molecule has 0 aliphatic carbocycles. The largest absolute Gasteiger partial charge is 0.443 e. The van der Waals surface area contributed by atoms with Crippen LogP contribution in [0.3, 0.4) is 0 Å². The minimum atomic E-state index is 0.752. The molecule has 2 aromatic carbocycles. The molecule has 1 aliphatic rings. The fourth-order valence-corrected chi connectivity index (χ4v) is 2.86. The summed E-state index contributed by atoms with van der Waals surface area (Å²) in [6.45, 7) is 0.752. The standard InChI is InChI=1S/C16H12N2O2/c19-10-18-7-6-13-12(2-1-3-15(13)18)11-4-5-16-14(8-11)17-9-20-16/h1-5,8-10H,6-7H2. The average molecular weight is 264 g/mol. The molecule has 1 amide bonds. The molecule has 3 aromatic rings. The van der Waals surface area contributed by atoms with Gasteiger partial charge in [0.05, 0.1) is 0 Å². The van der Waals surface area contributed by atoms with Gasteiger partial charge in [0.15, 0.2) is 12.0 Å². The fraction of sp³-hybridized carbons (Fsp3) is 0.125. The monoisotopic (exact) mass is 264 g/mol. The summed E-state index contributed by atoms with van der Waals surface area (Å²) in [6.07, 6.45) is 3.25. The number of carbonyl (C=O) groups excluding carboxylic acids is 1. The van der Waals surface area contributed by atoms with E-state index in [1.54, 1.807) is 4.90 Å². The molecule has 0 unspecified atom stereocenters.